The zero-order chi connectivity index (χ0) is 14.7. The first kappa shape index (κ1) is 14.9. The fourth-order valence-electron chi connectivity index (χ4n) is 3.86. The summed E-state index contributed by atoms with van der Waals surface area (Å²) in [6.45, 7) is 7.39. The normalized spacial score (nSPS) is 26.1. The predicted octanol–water partition coefficient (Wildman–Crippen LogP) is 3.58. The van der Waals surface area contributed by atoms with Gasteiger partial charge in [-0.25, -0.2) is 0 Å². The van der Waals surface area contributed by atoms with Crippen LogP contribution in [0.5, 0.6) is 0 Å². The smallest absolute Gasteiger partial charge is 0.297 e. The lowest BCUT2D eigenvalue weighted by Gasteiger charge is -2.43. The van der Waals surface area contributed by atoms with Crippen LogP contribution in [-0.4, -0.2) is 24.1 Å². The summed E-state index contributed by atoms with van der Waals surface area (Å²) >= 11 is 0. The summed E-state index contributed by atoms with van der Waals surface area (Å²) < 4.78 is 5.79. The number of aromatic nitrogens is 1. The number of fused-ring (bicyclic) bond motifs is 1. The Kier molecular flexibility index (Phi) is 4.84. The van der Waals surface area contributed by atoms with E-state index in [1.54, 1.807) is 0 Å². The number of oxazole rings is 1. The number of nitrogens with zero attached hydrogens (tertiary/aromatic N) is 2. The molecule has 1 saturated carbocycles. The van der Waals surface area contributed by atoms with Crippen LogP contribution in [-0.2, 0) is 6.54 Å². The SMILES string of the molecule is CC(C)CNCc1coc(N2CCCC3CCCCC32)n1. The number of piperidine rings is 1. The second-order valence-electron chi connectivity index (χ2n) is 7.09. The molecular formula is C17H29N3O. The summed E-state index contributed by atoms with van der Waals surface area (Å²) in [5.74, 6) is 1.53. The Labute approximate surface area is 128 Å². The van der Waals surface area contributed by atoms with Gasteiger partial charge in [-0.3, -0.25) is 0 Å². The van der Waals surface area contributed by atoms with Gasteiger partial charge < -0.3 is 14.6 Å². The van der Waals surface area contributed by atoms with Gasteiger partial charge in [-0.2, -0.15) is 4.98 Å². The first-order valence-electron chi connectivity index (χ1n) is 8.66. The van der Waals surface area contributed by atoms with Crippen molar-refractivity contribution in [2.45, 2.75) is 65.0 Å². The summed E-state index contributed by atoms with van der Waals surface area (Å²) in [7, 11) is 0. The van der Waals surface area contributed by atoms with Crippen LogP contribution in [0.15, 0.2) is 10.7 Å². The molecule has 1 saturated heterocycles. The molecule has 1 aromatic heterocycles. The molecular weight excluding hydrogens is 262 g/mol. The molecule has 2 heterocycles. The maximum Gasteiger partial charge on any atom is 0.297 e. The van der Waals surface area contributed by atoms with Crippen LogP contribution in [0.2, 0.25) is 0 Å². The molecule has 3 rings (SSSR count). The molecule has 21 heavy (non-hydrogen) atoms. The highest BCUT2D eigenvalue weighted by atomic mass is 16.4. The zero-order valence-corrected chi connectivity index (χ0v) is 13.5. The van der Waals surface area contributed by atoms with Gasteiger partial charge in [0.2, 0.25) is 0 Å². The minimum Gasteiger partial charge on any atom is -0.432 e. The summed E-state index contributed by atoms with van der Waals surface area (Å²) in [5, 5.41) is 3.43. The highest BCUT2D eigenvalue weighted by Crippen LogP contribution is 2.37. The van der Waals surface area contributed by atoms with Crippen molar-refractivity contribution in [3.05, 3.63) is 12.0 Å². The Balaban J connectivity index is 1.61. The molecule has 0 bridgehead atoms. The van der Waals surface area contributed by atoms with E-state index in [1.165, 1.54) is 38.5 Å². The van der Waals surface area contributed by atoms with Crippen LogP contribution in [0.25, 0.3) is 0 Å². The fourth-order valence-corrected chi connectivity index (χ4v) is 3.86. The van der Waals surface area contributed by atoms with Crippen LogP contribution in [0.3, 0.4) is 0 Å². The van der Waals surface area contributed by atoms with Gasteiger partial charge in [-0.1, -0.05) is 26.7 Å². The van der Waals surface area contributed by atoms with Crippen molar-refractivity contribution in [3.8, 4) is 0 Å². The summed E-state index contributed by atoms with van der Waals surface area (Å²) in [4.78, 5) is 7.16. The molecule has 2 fully saturated rings. The molecule has 118 valence electrons. The Morgan fingerprint density at radius 2 is 2.10 bits per heavy atom. The Hall–Kier alpha value is -1.03. The highest BCUT2D eigenvalue weighted by molar-refractivity contribution is 5.31. The van der Waals surface area contributed by atoms with E-state index in [2.05, 4.69) is 24.1 Å². The van der Waals surface area contributed by atoms with Crippen LogP contribution in [0.1, 0.15) is 58.1 Å². The van der Waals surface area contributed by atoms with E-state index in [9.17, 15) is 0 Å². The fraction of sp³-hybridized carbons (Fsp3) is 0.824. The minimum absolute atomic E-state index is 0.668. The molecule has 1 aliphatic heterocycles. The number of rotatable bonds is 5. The van der Waals surface area contributed by atoms with Crippen molar-refractivity contribution >= 4 is 6.01 Å². The van der Waals surface area contributed by atoms with E-state index >= 15 is 0 Å². The molecule has 1 aliphatic carbocycles. The van der Waals surface area contributed by atoms with Gasteiger partial charge in [-0.05, 0) is 44.1 Å². The molecule has 0 radical (unpaired) electrons. The lowest BCUT2D eigenvalue weighted by molar-refractivity contribution is 0.235. The van der Waals surface area contributed by atoms with Gasteiger partial charge in [0, 0.05) is 19.1 Å². The van der Waals surface area contributed by atoms with Crippen LogP contribution in [0, 0.1) is 11.8 Å². The van der Waals surface area contributed by atoms with Crippen LogP contribution < -0.4 is 10.2 Å². The Morgan fingerprint density at radius 3 is 2.95 bits per heavy atom. The highest BCUT2D eigenvalue weighted by Gasteiger charge is 2.35. The van der Waals surface area contributed by atoms with Crippen molar-refractivity contribution in [1.82, 2.24) is 10.3 Å². The monoisotopic (exact) mass is 291 g/mol. The standard InChI is InChI=1S/C17H29N3O/c1-13(2)10-18-11-15-12-21-17(19-15)20-9-5-7-14-6-3-4-8-16(14)20/h12-14,16,18H,3-11H2,1-2H3. The number of nitrogens with one attached hydrogen (secondary N) is 1. The van der Waals surface area contributed by atoms with Gasteiger partial charge in [0.05, 0.1) is 5.69 Å². The number of hydrogen-bond donors (Lipinski definition) is 1. The van der Waals surface area contributed by atoms with Gasteiger partial charge in [0.25, 0.3) is 6.01 Å². The zero-order valence-electron chi connectivity index (χ0n) is 13.5. The second kappa shape index (κ2) is 6.82. The molecule has 0 aromatic carbocycles. The third kappa shape index (κ3) is 3.60. The van der Waals surface area contributed by atoms with Crippen molar-refractivity contribution in [1.29, 1.82) is 0 Å². The van der Waals surface area contributed by atoms with Crippen molar-refractivity contribution in [2.75, 3.05) is 18.0 Å². The van der Waals surface area contributed by atoms with Crippen molar-refractivity contribution in [3.63, 3.8) is 0 Å². The van der Waals surface area contributed by atoms with E-state index in [1.807, 2.05) is 6.26 Å². The minimum atomic E-state index is 0.668. The molecule has 2 aliphatic rings. The molecule has 0 amide bonds. The van der Waals surface area contributed by atoms with E-state index in [0.717, 1.165) is 37.3 Å². The summed E-state index contributed by atoms with van der Waals surface area (Å²) in [5.41, 5.74) is 1.03. The second-order valence-corrected chi connectivity index (χ2v) is 7.09. The third-order valence-electron chi connectivity index (χ3n) is 4.89. The summed E-state index contributed by atoms with van der Waals surface area (Å²) in [6, 6.07) is 1.52. The van der Waals surface area contributed by atoms with E-state index in [0.29, 0.717) is 12.0 Å². The molecule has 1 aromatic rings. The van der Waals surface area contributed by atoms with Crippen LogP contribution >= 0.6 is 0 Å². The first-order valence-corrected chi connectivity index (χ1v) is 8.66. The third-order valence-corrected chi connectivity index (χ3v) is 4.89. The van der Waals surface area contributed by atoms with E-state index < -0.39 is 0 Å². The molecule has 4 nitrogen and oxygen atoms in total. The molecule has 0 spiro atoms. The lowest BCUT2D eigenvalue weighted by atomic mass is 9.78. The largest absolute Gasteiger partial charge is 0.432 e. The predicted molar refractivity (Wildman–Crippen MR) is 85.4 cm³/mol. The summed E-state index contributed by atoms with van der Waals surface area (Å²) in [6.07, 6.45) is 9.98. The Morgan fingerprint density at radius 1 is 1.29 bits per heavy atom. The molecule has 1 N–H and O–H groups in total. The average Bonchev–Trinajstić information content (AvgIpc) is 2.95. The Bertz CT molecular complexity index is 441. The number of anilines is 1. The molecule has 2 unspecified atom stereocenters. The maximum atomic E-state index is 5.79. The van der Waals surface area contributed by atoms with Gasteiger partial charge in [0.1, 0.15) is 6.26 Å². The maximum absolute atomic E-state index is 5.79. The number of hydrogen-bond acceptors (Lipinski definition) is 4. The topological polar surface area (TPSA) is 41.3 Å². The van der Waals surface area contributed by atoms with Crippen LogP contribution in [0.4, 0.5) is 6.01 Å². The quantitative estimate of drug-likeness (QED) is 0.900. The van der Waals surface area contributed by atoms with Gasteiger partial charge in [-0.15, -0.1) is 0 Å². The molecule has 4 heteroatoms. The van der Waals surface area contributed by atoms with Crippen molar-refractivity contribution in [2.24, 2.45) is 11.8 Å². The first-order chi connectivity index (χ1) is 10.2. The average molecular weight is 291 g/mol. The van der Waals surface area contributed by atoms with E-state index in [-0.39, 0.29) is 0 Å². The molecule has 2 atom stereocenters. The van der Waals surface area contributed by atoms with Gasteiger partial charge >= 0.3 is 0 Å². The van der Waals surface area contributed by atoms with Gasteiger partial charge in [0.15, 0.2) is 0 Å². The lowest BCUT2D eigenvalue weighted by Crippen LogP contribution is -2.47. The van der Waals surface area contributed by atoms with Crippen molar-refractivity contribution < 1.29 is 4.42 Å². The van der Waals surface area contributed by atoms with E-state index in [4.69, 9.17) is 9.40 Å².